The van der Waals surface area contributed by atoms with Crippen molar-refractivity contribution in [3.05, 3.63) is 57.5 Å². The second-order valence-electron chi connectivity index (χ2n) is 3.81. The molecule has 2 aromatic rings. The second kappa shape index (κ2) is 4.41. The molecular formula is C13H8F2N2O. The minimum Gasteiger partial charge on any atom is -0.325 e. The van der Waals surface area contributed by atoms with Crippen molar-refractivity contribution >= 4 is 0 Å². The molecule has 0 radical (unpaired) electrons. The smallest absolute Gasteiger partial charge is 0.266 e. The zero-order chi connectivity index (χ0) is 13.3. The maximum atomic E-state index is 13.6. The van der Waals surface area contributed by atoms with E-state index in [1.165, 1.54) is 6.07 Å². The number of aromatic amines is 1. The molecule has 0 aliphatic carbocycles. The fourth-order valence-electron chi connectivity index (χ4n) is 1.72. The van der Waals surface area contributed by atoms with Crippen LogP contribution >= 0.6 is 0 Å². The molecule has 0 atom stereocenters. The van der Waals surface area contributed by atoms with Crippen molar-refractivity contribution in [1.29, 1.82) is 5.26 Å². The molecule has 90 valence electrons. The van der Waals surface area contributed by atoms with Gasteiger partial charge in [0.25, 0.3) is 5.56 Å². The van der Waals surface area contributed by atoms with Gasteiger partial charge in [0.1, 0.15) is 23.3 Å². The van der Waals surface area contributed by atoms with Gasteiger partial charge in [-0.3, -0.25) is 4.79 Å². The molecule has 0 aliphatic heterocycles. The maximum absolute atomic E-state index is 13.6. The molecule has 3 nitrogen and oxygen atoms in total. The number of nitriles is 1. The van der Waals surface area contributed by atoms with E-state index < -0.39 is 17.2 Å². The van der Waals surface area contributed by atoms with Gasteiger partial charge in [0.05, 0.1) is 0 Å². The lowest BCUT2D eigenvalue weighted by Gasteiger charge is -2.06. The zero-order valence-corrected chi connectivity index (χ0v) is 9.42. The Bertz CT molecular complexity index is 714. The lowest BCUT2D eigenvalue weighted by atomic mass is 10.0. The average molecular weight is 246 g/mol. The Morgan fingerprint density at radius 2 is 1.94 bits per heavy atom. The Morgan fingerprint density at radius 3 is 2.61 bits per heavy atom. The van der Waals surface area contributed by atoms with Crippen LogP contribution in [0.2, 0.25) is 0 Å². The molecule has 18 heavy (non-hydrogen) atoms. The van der Waals surface area contributed by atoms with Gasteiger partial charge < -0.3 is 4.98 Å². The van der Waals surface area contributed by atoms with Gasteiger partial charge in [-0.15, -0.1) is 0 Å². The number of aryl methyl sites for hydroxylation is 1. The molecule has 1 heterocycles. The topological polar surface area (TPSA) is 56.6 Å². The van der Waals surface area contributed by atoms with Crippen molar-refractivity contribution in [1.82, 2.24) is 4.98 Å². The quantitative estimate of drug-likeness (QED) is 0.840. The lowest BCUT2D eigenvalue weighted by molar-refractivity contribution is 0.603. The van der Waals surface area contributed by atoms with Crippen LogP contribution < -0.4 is 5.56 Å². The molecule has 1 aromatic carbocycles. The predicted octanol–water partition coefficient (Wildman–Crippen LogP) is 2.50. The number of aromatic nitrogens is 1. The summed E-state index contributed by atoms with van der Waals surface area (Å²) in [6, 6.07) is 6.05. The molecule has 2 rings (SSSR count). The number of nitrogens with zero attached hydrogens (tertiary/aromatic N) is 1. The van der Waals surface area contributed by atoms with Gasteiger partial charge in [0.15, 0.2) is 0 Å². The monoisotopic (exact) mass is 246 g/mol. The molecule has 0 saturated heterocycles. The van der Waals surface area contributed by atoms with Crippen LogP contribution in [-0.2, 0) is 0 Å². The third kappa shape index (κ3) is 2.00. The molecule has 0 spiro atoms. The van der Waals surface area contributed by atoms with E-state index in [1.807, 2.05) is 0 Å². The first-order chi connectivity index (χ1) is 8.52. The van der Waals surface area contributed by atoms with Gasteiger partial charge >= 0.3 is 0 Å². The summed E-state index contributed by atoms with van der Waals surface area (Å²) in [6.45, 7) is 1.60. The van der Waals surface area contributed by atoms with Crippen molar-refractivity contribution in [2.24, 2.45) is 0 Å². The number of pyridine rings is 1. The predicted molar refractivity (Wildman–Crippen MR) is 61.9 cm³/mol. The Labute approximate surface area is 101 Å². The highest BCUT2D eigenvalue weighted by Gasteiger charge is 2.14. The fraction of sp³-hybridized carbons (Fsp3) is 0.0769. The first-order valence-corrected chi connectivity index (χ1v) is 5.12. The van der Waals surface area contributed by atoms with Crippen LogP contribution in [0.3, 0.4) is 0 Å². The van der Waals surface area contributed by atoms with Crippen molar-refractivity contribution in [2.45, 2.75) is 6.92 Å². The van der Waals surface area contributed by atoms with Crippen LogP contribution in [-0.4, -0.2) is 4.98 Å². The number of rotatable bonds is 1. The summed E-state index contributed by atoms with van der Waals surface area (Å²) < 4.78 is 26.8. The highest BCUT2D eigenvalue weighted by Crippen LogP contribution is 2.25. The Kier molecular flexibility index (Phi) is 2.94. The van der Waals surface area contributed by atoms with Gasteiger partial charge in [-0.2, -0.15) is 5.26 Å². The third-order valence-electron chi connectivity index (χ3n) is 2.50. The molecule has 1 aromatic heterocycles. The van der Waals surface area contributed by atoms with Gasteiger partial charge in [0.2, 0.25) is 0 Å². The minimum absolute atomic E-state index is 0.0933. The maximum Gasteiger partial charge on any atom is 0.266 e. The van der Waals surface area contributed by atoms with Gasteiger partial charge in [-0.05, 0) is 31.2 Å². The highest BCUT2D eigenvalue weighted by molar-refractivity contribution is 5.70. The van der Waals surface area contributed by atoms with Gasteiger partial charge in [-0.25, -0.2) is 8.78 Å². The summed E-state index contributed by atoms with van der Waals surface area (Å²) >= 11 is 0. The molecule has 0 fully saturated rings. The molecule has 0 unspecified atom stereocenters. The summed E-state index contributed by atoms with van der Waals surface area (Å²) in [4.78, 5) is 14.0. The number of halogens is 2. The van der Waals surface area contributed by atoms with Crippen molar-refractivity contribution in [2.75, 3.05) is 0 Å². The normalized spacial score (nSPS) is 10.1. The number of nitrogens with one attached hydrogen (secondary N) is 1. The van der Waals surface area contributed by atoms with E-state index in [1.54, 1.807) is 13.0 Å². The van der Waals surface area contributed by atoms with Crippen molar-refractivity contribution in [3.63, 3.8) is 0 Å². The van der Waals surface area contributed by atoms with E-state index in [4.69, 9.17) is 5.26 Å². The molecule has 0 aliphatic rings. The summed E-state index contributed by atoms with van der Waals surface area (Å²) in [7, 11) is 0. The minimum atomic E-state index is -0.682. The van der Waals surface area contributed by atoms with E-state index in [-0.39, 0.29) is 16.7 Å². The standard InChI is InChI=1S/C13H8F2N2O/c1-7-4-9(11(6-16)13(18)17-7)10-5-8(14)2-3-12(10)15/h2-5H,1H3,(H,17,18). The first kappa shape index (κ1) is 12.0. The van der Waals surface area contributed by atoms with E-state index in [0.29, 0.717) is 5.69 Å². The summed E-state index contributed by atoms with van der Waals surface area (Å²) in [5, 5.41) is 8.93. The summed E-state index contributed by atoms with van der Waals surface area (Å²) in [5.41, 5.74) is -0.379. The molecule has 0 amide bonds. The Morgan fingerprint density at radius 1 is 1.22 bits per heavy atom. The number of hydrogen-bond acceptors (Lipinski definition) is 2. The third-order valence-corrected chi connectivity index (χ3v) is 2.50. The van der Waals surface area contributed by atoms with Gasteiger partial charge in [-0.1, -0.05) is 0 Å². The average Bonchev–Trinajstić information content (AvgIpc) is 2.31. The van der Waals surface area contributed by atoms with Crippen LogP contribution in [0.1, 0.15) is 11.3 Å². The van der Waals surface area contributed by atoms with Crippen LogP contribution in [0.15, 0.2) is 29.1 Å². The Balaban J connectivity index is 2.83. The molecule has 0 bridgehead atoms. The fourth-order valence-corrected chi connectivity index (χ4v) is 1.72. The van der Waals surface area contributed by atoms with Crippen LogP contribution in [0.5, 0.6) is 0 Å². The van der Waals surface area contributed by atoms with Crippen LogP contribution in [0.4, 0.5) is 8.78 Å². The first-order valence-electron chi connectivity index (χ1n) is 5.12. The molecule has 5 heteroatoms. The SMILES string of the molecule is Cc1cc(-c2cc(F)ccc2F)c(C#N)c(=O)[nH]1. The zero-order valence-electron chi connectivity index (χ0n) is 9.42. The Hall–Kier alpha value is -2.48. The largest absolute Gasteiger partial charge is 0.325 e. The van der Waals surface area contributed by atoms with Crippen molar-refractivity contribution in [3.8, 4) is 17.2 Å². The van der Waals surface area contributed by atoms with E-state index >= 15 is 0 Å². The molecule has 1 N–H and O–H groups in total. The van der Waals surface area contributed by atoms with Crippen LogP contribution in [0.25, 0.3) is 11.1 Å². The number of benzene rings is 1. The number of H-pyrrole nitrogens is 1. The lowest BCUT2D eigenvalue weighted by Crippen LogP contribution is -2.13. The summed E-state index contributed by atoms with van der Waals surface area (Å²) in [6.07, 6.45) is 0. The van der Waals surface area contributed by atoms with E-state index in [2.05, 4.69) is 4.98 Å². The van der Waals surface area contributed by atoms with Crippen molar-refractivity contribution < 1.29 is 8.78 Å². The van der Waals surface area contributed by atoms with E-state index in [9.17, 15) is 13.6 Å². The van der Waals surface area contributed by atoms with Crippen LogP contribution in [0, 0.1) is 29.9 Å². The van der Waals surface area contributed by atoms with E-state index in [0.717, 1.165) is 18.2 Å². The summed E-state index contributed by atoms with van der Waals surface area (Å²) in [5.74, 6) is -1.31. The highest BCUT2D eigenvalue weighted by atomic mass is 19.1. The van der Waals surface area contributed by atoms with Gasteiger partial charge in [0, 0.05) is 16.8 Å². The number of hydrogen-bond donors (Lipinski definition) is 1. The molecular weight excluding hydrogens is 238 g/mol. The second-order valence-corrected chi connectivity index (χ2v) is 3.81. The molecule has 0 saturated carbocycles.